The van der Waals surface area contributed by atoms with Crippen molar-refractivity contribution >= 4 is 65.2 Å². The lowest BCUT2D eigenvalue weighted by Gasteiger charge is -2.23. The molecule has 0 saturated heterocycles. The molecule has 1 heterocycles. The number of nitrogens with zero attached hydrogens (tertiary/aromatic N) is 2. The highest BCUT2D eigenvalue weighted by Gasteiger charge is 2.36. The summed E-state index contributed by atoms with van der Waals surface area (Å²) in [5, 5.41) is 10.8. The van der Waals surface area contributed by atoms with E-state index in [9.17, 15) is 26.9 Å². The maximum Gasteiger partial charge on any atom is 0.328 e. The third-order valence-corrected chi connectivity index (χ3v) is 8.22. The van der Waals surface area contributed by atoms with Gasteiger partial charge in [0.05, 0.1) is 16.2 Å². The van der Waals surface area contributed by atoms with Crippen LogP contribution in [0.25, 0.3) is 0 Å². The number of anilines is 1. The molecule has 178 valence electrons. The molecule has 0 aliphatic carbocycles. The molecule has 2 rings (SSSR count). The second-order valence-corrected chi connectivity index (χ2v) is 12.4. The van der Waals surface area contributed by atoms with Crippen molar-refractivity contribution in [1.29, 1.82) is 0 Å². The van der Waals surface area contributed by atoms with E-state index in [1.54, 1.807) is 12.1 Å². The molecule has 0 bridgehead atoms. The lowest BCUT2D eigenvalue weighted by atomic mass is 10.2. The first-order valence-electron chi connectivity index (χ1n) is 9.28. The monoisotopic (exact) mass is 544 g/mol. The Labute approximate surface area is 201 Å². The van der Waals surface area contributed by atoms with E-state index >= 15 is 0 Å². The summed E-state index contributed by atoms with van der Waals surface area (Å²) in [5.74, 6) is 0.279. The molecule has 14 heteroatoms. The quantitative estimate of drug-likeness (QED) is 0.161. The minimum Gasteiger partial charge on any atom is -0.382 e. The van der Waals surface area contributed by atoms with Gasteiger partial charge in [0, 0.05) is 36.8 Å². The predicted octanol–water partition coefficient (Wildman–Crippen LogP) is 3.82. The standard InChI is InChI=1S/C18H22Cl2N2O7S3/c1-31(25,26)13-7-17(16-6-12-30-18(16)22(23)24)32(27,28)29-15-4-2-14(3-5-15)21(10-8-19)11-9-20/h2-6,12,17H,7-11,13H2,1H3. The van der Waals surface area contributed by atoms with E-state index < -0.39 is 35.9 Å². The molecule has 9 nitrogen and oxygen atoms in total. The molecule has 0 radical (unpaired) electrons. The zero-order valence-corrected chi connectivity index (χ0v) is 21.0. The number of thiophene rings is 1. The highest BCUT2D eigenvalue weighted by molar-refractivity contribution is 7.90. The summed E-state index contributed by atoms with van der Waals surface area (Å²) in [6.45, 7) is 1.09. The van der Waals surface area contributed by atoms with Crippen LogP contribution in [-0.4, -0.2) is 58.6 Å². The van der Waals surface area contributed by atoms with Crippen LogP contribution in [0.1, 0.15) is 17.2 Å². The molecule has 1 aromatic heterocycles. The summed E-state index contributed by atoms with van der Waals surface area (Å²) in [7, 11) is -7.96. The smallest absolute Gasteiger partial charge is 0.328 e. The first-order chi connectivity index (χ1) is 15.0. The van der Waals surface area contributed by atoms with Gasteiger partial charge in [-0.3, -0.25) is 10.1 Å². The molecule has 1 aromatic carbocycles. The van der Waals surface area contributed by atoms with E-state index in [2.05, 4.69) is 0 Å². The number of alkyl halides is 2. The van der Waals surface area contributed by atoms with Gasteiger partial charge in [0.1, 0.15) is 20.8 Å². The average molecular weight is 545 g/mol. The molecule has 32 heavy (non-hydrogen) atoms. The molecular formula is C18H22Cl2N2O7S3. The van der Waals surface area contributed by atoms with E-state index in [0.29, 0.717) is 24.8 Å². The highest BCUT2D eigenvalue weighted by Crippen LogP contribution is 2.38. The number of rotatable bonds is 13. The van der Waals surface area contributed by atoms with Gasteiger partial charge in [-0.2, -0.15) is 8.42 Å². The van der Waals surface area contributed by atoms with Crippen molar-refractivity contribution in [2.45, 2.75) is 11.7 Å². The van der Waals surface area contributed by atoms with Gasteiger partial charge in [0.2, 0.25) is 0 Å². The fraction of sp³-hybridized carbons (Fsp3) is 0.444. The van der Waals surface area contributed by atoms with Gasteiger partial charge < -0.3 is 9.08 Å². The van der Waals surface area contributed by atoms with Crippen LogP contribution in [-0.2, 0) is 20.0 Å². The first kappa shape index (κ1) is 26.7. The number of benzene rings is 1. The van der Waals surface area contributed by atoms with Crippen LogP contribution in [0, 0.1) is 10.1 Å². The van der Waals surface area contributed by atoms with Gasteiger partial charge in [-0.15, -0.1) is 23.2 Å². The Morgan fingerprint density at radius 2 is 1.69 bits per heavy atom. The minimum absolute atomic E-state index is 0.00677. The normalized spacial score (nSPS) is 13.0. The Hall–Kier alpha value is -1.60. The lowest BCUT2D eigenvalue weighted by Crippen LogP contribution is -2.27. The largest absolute Gasteiger partial charge is 0.382 e. The molecule has 0 amide bonds. The zero-order valence-electron chi connectivity index (χ0n) is 17.0. The van der Waals surface area contributed by atoms with Gasteiger partial charge in [-0.25, -0.2) is 8.42 Å². The first-order valence-corrected chi connectivity index (χ1v) is 14.8. The average Bonchev–Trinajstić information content (AvgIpc) is 3.17. The van der Waals surface area contributed by atoms with Crippen LogP contribution in [0.15, 0.2) is 35.7 Å². The third kappa shape index (κ3) is 7.48. The minimum atomic E-state index is -4.45. The summed E-state index contributed by atoms with van der Waals surface area (Å²) in [4.78, 5) is 12.5. The molecule has 0 saturated carbocycles. The molecule has 1 unspecified atom stereocenters. The Kier molecular flexibility index (Phi) is 9.58. The summed E-state index contributed by atoms with van der Waals surface area (Å²) >= 11 is 12.4. The second kappa shape index (κ2) is 11.5. The Bertz CT molecular complexity index is 1110. The van der Waals surface area contributed by atoms with Crippen molar-refractivity contribution in [2.24, 2.45) is 0 Å². The van der Waals surface area contributed by atoms with Crippen molar-refractivity contribution in [3.63, 3.8) is 0 Å². The van der Waals surface area contributed by atoms with Gasteiger partial charge in [0.25, 0.3) is 0 Å². The van der Waals surface area contributed by atoms with E-state index in [-0.39, 0.29) is 22.7 Å². The lowest BCUT2D eigenvalue weighted by molar-refractivity contribution is -0.380. The van der Waals surface area contributed by atoms with Crippen molar-refractivity contribution in [2.75, 3.05) is 41.8 Å². The van der Waals surface area contributed by atoms with Crippen molar-refractivity contribution in [3.05, 3.63) is 51.4 Å². The molecular weight excluding hydrogens is 523 g/mol. The molecule has 0 aliphatic rings. The molecule has 0 fully saturated rings. The zero-order chi connectivity index (χ0) is 23.9. The number of nitro groups is 1. The highest BCUT2D eigenvalue weighted by atomic mass is 35.5. The van der Waals surface area contributed by atoms with Gasteiger partial charge in [-0.1, -0.05) is 11.3 Å². The maximum absolute atomic E-state index is 13.0. The summed E-state index contributed by atoms with van der Waals surface area (Å²) < 4.78 is 54.6. The molecule has 0 aliphatic heterocycles. The van der Waals surface area contributed by atoms with Crippen LogP contribution in [0.5, 0.6) is 5.75 Å². The van der Waals surface area contributed by atoms with E-state index in [0.717, 1.165) is 23.3 Å². The molecule has 2 aromatic rings. The van der Waals surface area contributed by atoms with Gasteiger partial charge in [0.15, 0.2) is 0 Å². The maximum atomic E-state index is 13.0. The van der Waals surface area contributed by atoms with E-state index in [4.69, 9.17) is 27.4 Å². The summed E-state index contributed by atoms with van der Waals surface area (Å²) in [5.41, 5.74) is 0.661. The van der Waals surface area contributed by atoms with Crippen LogP contribution in [0.3, 0.4) is 0 Å². The van der Waals surface area contributed by atoms with Crippen LogP contribution >= 0.6 is 34.5 Å². The molecule has 1 atom stereocenters. The van der Waals surface area contributed by atoms with Crippen molar-refractivity contribution in [1.82, 2.24) is 0 Å². The Morgan fingerprint density at radius 3 is 2.19 bits per heavy atom. The van der Waals surface area contributed by atoms with E-state index in [1.807, 2.05) is 4.90 Å². The fourth-order valence-electron chi connectivity index (χ4n) is 2.96. The van der Waals surface area contributed by atoms with Crippen LogP contribution in [0.2, 0.25) is 0 Å². The SMILES string of the molecule is CS(=O)(=O)CCC(c1ccsc1[N+](=O)[O-])S(=O)(=O)Oc1ccc(N(CCCl)CCCl)cc1. The fourth-order valence-corrected chi connectivity index (χ4v) is 6.43. The number of halogens is 2. The number of hydrogen-bond donors (Lipinski definition) is 0. The Morgan fingerprint density at radius 1 is 1.09 bits per heavy atom. The van der Waals surface area contributed by atoms with Gasteiger partial charge in [-0.05, 0) is 42.1 Å². The van der Waals surface area contributed by atoms with Gasteiger partial charge >= 0.3 is 15.1 Å². The van der Waals surface area contributed by atoms with Crippen LogP contribution < -0.4 is 9.08 Å². The molecule has 0 N–H and O–H groups in total. The predicted molar refractivity (Wildman–Crippen MR) is 128 cm³/mol. The molecule has 0 spiro atoms. The number of hydrogen-bond acceptors (Lipinski definition) is 9. The summed E-state index contributed by atoms with van der Waals surface area (Å²) in [6.07, 6.45) is 0.585. The Balaban J connectivity index is 2.33. The third-order valence-electron chi connectivity index (χ3n) is 4.41. The van der Waals surface area contributed by atoms with Crippen LogP contribution in [0.4, 0.5) is 10.7 Å². The van der Waals surface area contributed by atoms with Crippen molar-refractivity contribution < 1.29 is 25.9 Å². The second-order valence-electron chi connectivity index (χ2n) is 6.78. The number of sulfone groups is 1. The topological polar surface area (TPSA) is 124 Å². The van der Waals surface area contributed by atoms with E-state index in [1.165, 1.54) is 23.6 Å². The summed E-state index contributed by atoms with van der Waals surface area (Å²) in [6, 6.07) is 7.47. The van der Waals surface area contributed by atoms with Crippen molar-refractivity contribution in [3.8, 4) is 5.75 Å².